The zero-order valence-corrected chi connectivity index (χ0v) is 17.2. The molecule has 1 saturated carbocycles. The minimum Gasteiger partial charge on any atom is -0.359 e. The highest BCUT2D eigenvalue weighted by atomic mass is 32.1. The van der Waals surface area contributed by atoms with Gasteiger partial charge in [-0.1, -0.05) is 45.7 Å². The number of hydrazine groups is 1. The van der Waals surface area contributed by atoms with E-state index in [1.807, 2.05) is 24.3 Å². The molecule has 148 valence electrons. The minimum atomic E-state index is -0.228. The first-order valence-corrected chi connectivity index (χ1v) is 9.90. The molecule has 27 heavy (non-hydrogen) atoms. The Morgan fingerprint density at radius 1 is 1.07 bits per heavy atom. The third-order valence-electron chi connectivity index (χ3n) is 4.66. The number of rotatable bonds is 5. The van der Waals surface area contributed by atoms with Crippen LogP contribution in [0.4, 0.5) is 0 Å². The van der Waals surface area contributed by atoms with Gasteiger partial charge in [0.05, 0.1) is 0 Å². The van der Waals surface area contributed by atoms with Crippen LogP contribution < -0.4 is 21.5 Å². The lowest BCUT2D eigenvalue weighted by Crippen LogP contribution is -2.49. The maximum absolute atomic E-state index is 12.2. The van der Waals surface area contributed by atoms with E-state index in [1.165, 1.54) is 18.4 Å². The monoisotopic (exact) mass is 390 g/mol. The molecule has 4 N–H and O–H groups in total. The van der Waals surface area contributed by atoms with Crippen LogP contribution in [0.25, 0.3) is 0 Å². The van der Waals surface area contributed by atoms with Gasteiger partial charge in [0.25, 0.3) is 5.91 Å². The molecule has 2 amide bonds. The summed E-state index contributed by atoms with van der Waals surface area (Å²) in [5.74, 6) is -0.413. The minimum absolute atomic E-state index is 0.0489. The van der Waals surface area contributed by atoms with Crippen LogP contribution in [0, 0.1) is 0 Å². The van der Waals surface area contributed by atoms with Crippen LogP contribution >= 0.6 is 12.2 Å². The molecule has 1 aromatic carbocycles. The molecule has 0 atom stereocenters. The predicted molar refractivity (Wildman–Crippen MR) is 111 cm³/mol. The van der Waals surface area contributed by atoms with Crippen LogP contribution in [-0.2, 0) is 10.2 Å². The first-order valence-electron chi connectivity index (χ1n) is 9.50. The van der Waals surface area contributed by atoms with Crippen LogP contribution in [-0.4, -0.2) is 29.5 Å². The molecular weight excluding hydrogens is 360 g/mol. The summed E-state index contributed by atoms with van der Waals surface area (Å²) in [6.45, 7) is 6.65. The number of benzene rings is 1. The van der Waals surface area contributed by atoms with Gasteiger partial charge in [-0.2, -0.15) is 0 Å². The van der Waals surface area contributed by atoms with E-state index < -0.39 is 0 Å². The molecule has 0 aliphatic heterocycles. The second-order valence-electron chi connectivity index (χ2n) is 7.96. The standard InChI is InChI=1S/C20H30N4O2S/c1-20(2,3)15-10-8-14(9-11-15)18(26)21-13-12-17(25)23-24-19(27)22-16-6-4-5-7-16/h8-11,16H,4-7,12-13H2,1-3H3,(H,21,26)(H,23,25)(H2,22,24,27). The van der Waals surface area contributed by atoms with Crippen LogP contribution in [0.15, 0.2) is 24.3 Å². The molecule has 2 rings (SSSR count). The van der Waals surface area contributed by atoms with E-state index in [1.54, 1.807) is 0 Å². The number of thiocarbonyl (C=S) groups is 1. The lowest BCUT2D eigenvalue weighted by molar-refractivity contribution is -0.121. The fourth-order valence-electron chi connectivity index (χ4n) is 2.99. The molecule has 0 bridgehead atoms. The van der Waals surface area contributed by atoms with Gasteiger partial charge in [0.15, 0.2) is 5.11 Å². The lowest BCUT2D eigenvalue weighted by Gasteiger charge is -2.19. The van der Waals surface area contributed by atoms with Crippen molar-refractivity contribution in [1.29, 1.82) is 0 Å². The van der Waals surface area contributed by atoms with Gasteiger partial charge in [0, 0.05) is 24.6 Å². The summed E-state index contributed by atoms with van der Waals surface area (Å²) in [6.07, 6.45) is 4.82. The van der Waals surface area contributed by atoms with Crippen LogP contribution in [0.1, 0.15) is 68.8 Å². The topological polar surface area (TPSA) is 82.3 Å². The highest BCUT2D eigenvalue weighted by Crippen LogP contribution is 2.22. The maximum atomic E-state index is 12.2. The molecule has 0 saturated heterocycles. The highest BCUT2D eigenvalue weighted by molar-refractivity contribution is 7.80. The van der Waals surface area contributed by atoms with E-state index in [0.717, 1.165) is 12.8 Å². The average Bonchev–Trinajstić information content (AvgIpc) is 3.12. The van der Waals surface area contributed by atoms with E-state index >= 15 is 0 Å². The molecule has 7 heteroatoms. The van der Waals surface area contributed by atoms with Crippen molar-refractivity contribution in [3.05, 3.63) is 35.4 Å². The molecule has 6 nitrogen and oxygen atoms in total. The Balaban J connectivity index is 1.65. The van der Waals surface area contributed by atoms with Crippen molar-refractivity contribution in [2.45, 2.75) is 64.3 Å². The van der Waals surface area contributed by atoms with Gasteiger partial charge in [0.2, 0.25) is 5.91 Å². The molecule has 1 aromatic rings. The Morgan fingerprint density at radius 3 is 2.30 bits per heavy atom. The van der Waals surface area contributed by atoms with Crippen LogP contribution in [0.3, 0.4) is 0 Å². The normalized spacial score (nSPS) is 14.5. The largest absolute Gasteiger partial charge is 0.359 e. The quantitative estimate of drug-likeness (QED) is 0.459. The molecule has 0 radical (unpaired) electrons. The van der Waals surface area contributed by atoms with Crippen molar-refractivity contribution < 1.29 is 9.59 Å². The first-order chi connectivity index (χ1) is 12.8. The van der Waals surface area contributed by atoms with Crippen LogP contribution in [0.2, 0.25) is 0 Å². The second-order valence-corrected chi connectivity index (χ2v) is 8.37. The van der Waals surface area contributed by atoms with Gasteiger partial charge in [0.1, 0.15) is 0 Å². The summed E-state index contributed by atoms with van der Waals surface area (Å²) in [7, 11) is 0. The fourth-order valence-corrected chi connectivity index (χ4v) is 3.21. The third-order valence-corrected chi connectivity index (χ3v) is 4.88. The van der Waals surface area contributed by atoms with Crippen LogP contribution in [0.5, 0.6) is 0 Å². The van der Waals surface area contributed by atoms with Crippen molar-refractivity contribution in [3.8, 4) is 0 Å². The van der Waals surface area contributed by atoms with Crippen molar-refractivity contribution in [2.75, 3.05) is 6.54 Å². The zero-order chi connectivity index (χ0) is 19.9. The molecule has 0 unspecified atom stereocenters. The molecular formula is C20H30N4O2S. The number of hydrogen-bond acceptors (Lipinski definition) is 3. The summed E-state index contributed by atoms with van der Waals surface area (Å²) in [4.78, 5) is 24.0. The molecule has 1 aliphatic carbocycles. The van der Waals surface area contributed by atoms with Crippen molar-refractivity contribution >= 4 is 29.1 Å². The van der Waals surface area contributed by atoms with E-state index in [-0.39, 0.29) is 30.2 Å². The molecule has 1 fully saturated rings. The van der Waals surface area contributed by atoms with E-state index in [0.29, 0.717) is 16.7 Å². The Kier molecular flexibility index (Phi) is 7.59. The lowest BCUT2D eigenvalue weighted by atomic mass is 9.87. The van der Waals surface area contributed by atoms with E-state index in [4.69, 9.17) is 12.2 Å². The van der Waals surface area contributed by atoms with Crippen molar-refractivity contribution in [1.82, 2.24) is 21.5 Å². The van der Waals surface area contributed by atoms with Gasteiger partial charge in [-0.15, -0.1) is 0 Å². The smallest absolute Gasteiger partial charge is 0.251 e. The Labute approximate surface area is 166 Å². The number of nitrogens with one attached hydrogen (secondary N) is 4. The molecule has 1 aliphatic rings. The average molecular weight is 391 g/mol. The Morgan fingerprint density at radius 2 is 1.70 bits per heavy atom. The van der Waals surface area contributed by atoms with E-state index in [2.05, 4.69) is 42.3 Å². The van der Waals surface area contributed by atoms with Gasteiger partial charge >= 0.3 is 0 Å². The maximum Gasteiger partial charge on any atom is 0.251 e. The summed E-state index contributed by atoms with van der Waals surface area (Å²) >= 11 is 5.16. The predicted octanol–water partition coefficient (Wildman–Crippen LogP) is 2.54. The Hall–Kier alpha value is -2.15. The van der Waals surface area contributed by atoms with Gasteiger partial charge in [-0.25, -0.2) is 0 Å². The fraction of sp³-hybridized carbons (Fsp3) is 0.550. The highest BCUT2D eigenvalue weighted by Gasteiger charge is 2.16. The summed E-state index contributed by atoms with van der Waals surface area (Å²) in [6, 6.07) is 7.94. The first kappa shape index (κ1) is 21.2. The van der Waals surface area contributed by atoms with Crippen molar-refractivity contribution in [3.63, 3.8) is 0 Å². The Bertz CT molecular complexity index is 662. The van der Waals surface area contributed by atoms with Crippen molar-refractivity contribution in [2.24, 2.45) is 0 Å². The van der Waals surface area contributed by atoms with Gasteiger partial charge in [-0.3, -0.25) is 20.4 Å². The second kappa shape index (κ2) is 9.69. The molecule has 0 aromatic heterocycles. The number of hydrogen-bond donors (Lipinski definition) is 4. The van der Waals surface area contributed by atoms with E-state index in [9.17, 15) is 9.59 Å². The summed E-state index contributed by atoms with van der Waals surface area (Å²) in [5.41, 5.74) is 7.07. The van der Waals surface area contributed by atoms with Gasteiger partial charge < -0.3 is 10.6 Å². The van der Waals surface area contributed by atoms with Gasteiger partial charge in [-0.05, 0) is 48.2 Å². The zero-order valence-electron chi connectivity index (χ0n) is 16.4. The molecule has 0 heterocycles. The number of amides is 2. The summed E-state index contributed by atoms with van der Waals surface area (Å²) in [5, 5.41) is 6.37. The third kappa shape index (κ3) is 7.17. The summed E-state index contributed by atoms with van der Waals surface area (Å²) < 4.78 is 0. The molecule has 0 spiro atoms. The number of carbonyl (C=O) groups excluding carboxylic acids is 2. The SMILES string of the molecule is CC(C)(C)c1ccc(C(=O)NCCC(=O)NNC(=S)NC2CCCC2)cc1. The number of carbonyl (C=O) groups is 2.